The van der Waals surface area contributed by atoms with Gasteiger partial charge in [-0.25, -0.2) is 9.59 Å². The monoisotopic (exact) mass is 268 g/mol. The first-order valence-electron chi connectivity index (χ1n) is 6.16. The molecule has 1 saturated carbocycles. The summed E-state index contributed by atoms with van der Waals surface area (Å²) in [5.74, 6) is -1.64. The topological polar surface area (TPSA) is 78.9 Å². The lowest BCUT2D eigenvalue weighted by Gasteiger charge is -2.34. The molecule has 0 N–H and O–H groups in total. The Morgan fingerprint density at radius 3 is 2.95 bits per heavy atom. The molecule has 6 nitrogen and oxygen atoms in total. The number of hydrogen-bond donors (Lipinski definition) is 0. The third kappa shape index (κ3) is 2.77. The second-order valence-electron chi connectivity index (χ2n) is 5.00. The number of esters is 3. The molecule has 0 amide bonds. The van der Waals surface area contributed by atoms with Gasteiger partial charge in [0.15, 0.2) is 6.61 Å². The van der Waals surface area contributed by atoms with Gasteiger partial charge in [-0.05, 0) is 19.8 Å². The zero-order chi connectivity index (χ0) is 14.0. The van der Waals surface area contributed by atoms with Gasteiger partial charge in [0.05, 0.1) is 5.92 Å². The van der Waals surface area contributed by atoms with Crippen LogP contribution in [0.1, 0.15) is 26.2 Å². The fourth-order valence-electron chi connectivity index (χ4n) is 2.57. The number of rotatable bonds is 4. The summed E-state index contributed by atoms with van der Waals surface area (Å²) in [6.07, 6.45) is 2.28. The van der Waals surface area contributed by atoms with Crippen molar-refractivity contribution in [2.24, 2.45) is 5.92 Å². The number of ether oxygens (including phenoxy) is 3. The van der Waals surface area contributed by atoms with E-state index in [-0.39, 0.29) is 11.9 Å². The van der Waals surface area contributed by atoms with Crippen LogP contribution in [-0.2, 0) is 28.6 Å². The zero-order valence-corrected chi connectivity index (χ0v) is 10.7. The van der Waals surface area contributed by atoms with Crippen molar-refractivity contribution in [2.75, 3.05) is 6.61 Å². The Balaban J connectivity index is 1.89. The number of carbonyl (C=O) groups is 3. The smallest absolute Gasteiger partial charge is 0.344 e. The molecule has 0 spiro atoms. The van der Waals surface area contributed by atoms with Crippen molar-refractivity contribution in [3.05, 3.63) is 12.7 Å². The van der Waals surface area contributed by atoms with Gasteiger partial charge in [-0.15, -0.1) is 0 Å². The van der Waals surface area contributed by atoms with Gasteiger partial charge < -0.3 is 14.2 Å². The van der Waals surface area contributed by atoms with E-state index in [1.165, 1.54) is 0 Å². The molecule has 19 heavy (non-hydrogen) atoms. The van der Waals surface area contributed by atoms with E-state index in [4.69, 9.17) is 9.47 Å². The van der Waals surface area contributed by atoms with Crippen LogP contribution in [-0.4, -0.2) is 36.2 Å². The van der Waals surface area contributed by atoms with Crippen molar-refractivity contribution in [3.8, 4) is 0 Å². The molecular formula is C13H16O6. The molecule has 104 valence electrons. The van der Waals surface area contributed by atoms with E-state index in [0.717, 1.165) is 6.08 Å². The molecule has 0 aromatic heterocycles. The lowest BCUT2D eigenvalue weighted by molar-refractivity contribution is -0.177. The van der Waals surface area contributed by atoms with E-state index in [2.05, 4.69) is 11.3 Å². The predicted molar refractivity (Wildman–Crippen MR) is 62.9 cm³/mol. The molecular weight excluding hydrogens is 252 g/mol. The second kappa shape index (κ2) is 5.03. The highest BCUT2D eigenvalue weighted by atomic mass is 16.6. The Kier molecular flexibility index (Phi) is 3.59. The minimum atomic E-state index is -0.752. The van der Waals surface area contributed by atoms with Crippen LogP contribution in [0.4, 0.5) is 0 Å². The van der Waals surface area contributed by atoms with Crippen molar-refractivity contribution in [2.45, 2.75) is 37.9 Å². The van der Waals surface area contributed by atoms with Gasteiger partial charge in [-0.3, -0.25) is 4.79 Å². The Hall–Kier alpha value is -1.85. The third-order valence-electron chi connectivity index (χ3n) is 3.55. The Bertz CT molecular complexity index is 429. The summed E-state index contributed by atoms with van der Waals surface area (Å²) >= 11 is 0. The van der Waals surface area contributed by atoms with Crippen LogP contribution in [0.2, 0.25) is 0 Å². The molecule has 6 heteroatoms. The minimum Gasteiger partial charge on any atom is -0.456 e. The quantitative estimate of drug-likeness (QED) is 0.425. The average Bonchev–Trinajstić information content (AvgIpc) is 2.61. The molecule has 0 radical (unpaired) electrons. The van der Waals surface area contributed by atoms with E-state index in [9.17, 15) is 14.4 Å². The summed E-state index contributed by atoms with van der Waals surface area (Å²) in [5.41, 5.74) is -0.752. The molecule has 3 unspecified atom stereocenters. The standard InChI is InChI=1S/C13H16O6/c1-3-10(14)17-7-11(15)18-9-5-4-8-6-13(9,2)19-12(8)16/h3,8-9H,1,4-7H2,2H3. The number of fused-ring (bicyclic) bond motifs is 2. The van der Waals surface area contributed by atoms with Crippen LogP contribution in [0.5, 0.6) is 0 Å². The SMILES string of the molecule is C=CC(=O)OCC(=O)OC1CCC2CC1(C)OC2=O. The third-order valence-corrected chi connectivity index (χ3v) is 3.55. The van der Waals surface area contributed by atoms with E-state index < -0.39 is 30.3 Å². The van der Waals surface area contributed by atoms with Gasteiger partial charge in [0.2, 0.25) is 0 Å². The summed E-state index contributed by atoms with van der Waals surface area (Å²) in [6, 6.07) is 0. The van der Waals surface area contributed by atoms with Crippen molar-refractivity contribution >= 4 is 17.9 Å². The molecule has 2 rings (SSSR count). The van der Waals surface area contributed by atoms with Gasteiger partial charge in [0.25, 0.3) is 0 Å². The average molecular weight is 268 g/mol. The summed E-state index contributed by atoms with van der Waals surface area (Å²) in [6.45, 7) is 4.52. The molecule has 1 heterocycles. The largest absolute Gasteiger partial charge is 0.456 e. The Morgan fingerprint density at radius 2 is 2.26 bits per heavy atom. The lowest BCUT2D eigenvalue weighted by Crippen LogP contribution is -2.44. The van der Waals surface area contributed by atoms with Crippen LogP contribution in [0, 0.1) is 5.92 Å². The molecule has 0 aromatic carbocycles. The lowest BCUT2D eigenvalue weighted by atomic mass is 9.80. The Morgan fingerprint density at radius 1 is 1.53 bits per heavy atom. The predicted octanol–water partition coefficient (Wildman–Crippen LogP) is 0.743. The maximum atomic E-state index is 11.6. The second-order valence-corrected chi connectivity index (χ2v) is 5.00. The van der Waals surface area contributed by atoms with Crippen LogP contribution in [0.3, 0.4) is 0 Å². The van der Waals surface area contributed by atoms with Crippen molar-refractivity contribution in [1.29, 1.82) is 0 Å². The maximum absolute atomic E-state index is 11.6. The maximum Gasteiger partial charge on any atom is 0.344 e. The molecule has 0 aromatic rings. The summed E-state index contributed by atoms with van der Waals surface area (Å²) < 4.78 is 15.1. The van der Waals surface area contributed by atoms with Gasteiger partial charge in [0, 0.05) is 12.5 Å². The summed E-state index contributed by atoms with van der Waals surface area (Å²) in [5, 5.41) is 0. The van der Waals surface area contributed by atoms with Crippen LogP contribution >= 0.6 is 0 Å². The molecule has 3 atom stereocenters. The zero-order valence-electron chi connectivity index (χ0n) is 10.7. The number of carbonyl (C=O) groups excluding carboxylic acids is 3. The fraction of sp³-hybridized carbons (Fsp3) is 0.615. The van der Waals surface area contributed by atoms with Crippen molar-refractivity contribution in [3.63, 3.8) is 0 Å². The molecule has 2 fully saturated rings. The minimum absolute atomic E-state index is 0.0847. The van der Waals surface area contributed by atoms with Gasteiger partial charge in [-0.2, -0.15) is 0 Å². The molecule has 1 saturated heterocycles. The summed E-state index contributed by atoms with van der Waals surface area (Å²) in [4.78, 5) is 33.9. The molecule has 2 aliphatic rings. The first-order chi connectivity index (χ1) is 8.94. The molecule has 1 aliphatic carbocycles. The highest BCUT2D eigenvalue weighted by Crippen LogP contribution is 2.43. The molecule has 2 bridgehead atoms. The number of hydrogen-bond acceptors (Lipinski definition) is 6. The van der Waals surface area contributed by atoms with E-state index in [1.54, 1.807) is 6.92 Å². The van der Waals surface area contributed by atoms with Gasteiger partial charge in [0.1, 0.15) is 11.7 Å². The van der Waals surface area contributed by atoms with E-state index in [1.807, 2.05) is 0 Å². The van der Waals surface area contributed by atoms with Crippen LogP contribution < -0.4 is 0 Å². The first-order valence-corrected chi connectivity index (χ1v) is 6.16. The van der Waals surface area contributed by atoms with Crippen LogP contribution in [0.15, 0.2) is 12.7 Å². The Labute approximate surface area is 110 Å². The highest BCUT2D eigenvalue weighted by molar-refractivity contribution is 5.83. The highest BCUT2D eigenvalue weighted by Gasteiger charge is 2.53. The van der Waals surface area contributed by atoms with E-state index >= 15 is 0 Å². The van der Waals surface area contributed by atoms with Crippen molar-refractivity contribution < 1.29 is 28.6 Å². The van der Waals surface area contributed by atoms with E-state index in [0.29, 0.717) is 19.3 Å². The normalized spacial score (nSPS) is 32.4. The fourth-order valence-corrected chi connectivity index (χ4v) is 2.57. The van der Waals surface area contributed by atoms with Crippen LogP contribution in [0.25, 0.3) is 0 Å². The first kappa shape index (κ1) is 13.6. The van der Waals surface area contributed by atoms with Crippen molar-refractivity contribution in [1.82, 2.24) is 0 Å². The molecule has 1 aliphatic heterocycles. The van der Waals surface area contributed by atoms with Gasteiger partial charge >= 0.3 is 17.9 Å². The summed E-state index contributed by atoms with van der Waals surface area (Å²) in [7, 11) is 0. The van der Waals surface area contributed by atoms with Gasteiger partial charge in [-0.1, -0.05) is 6.58 Å².